The highest BCUT2D eigenvalue weighted by molar-refractivity contribution is 7.80. The summed E-state index contributed by atoms with van der Waals surface area (Å²) in [5.74, 6) is -0.396. The Morgan fingerprint density at radius 3 is 2.58 bits per heavy atom. The maximum absolute atomic E-state index is 12.2. The number of nitrogens with one attached hydrogen (secondary N) is 2. The third kappa shape index (κ3) is 5.03. The molecule has 0 unspecified atom stereocenters. The summed E-state index contributed by atoms with van der Waals surface area (Å²) >= 11 is 19.3. The Morgan fingerprint density at radius 2 is 1.94 bits per heavy atom. The van der Waals surface area contributed by atoms with Crippen molar-refractivity contribution in [3.8, 4) is 0 Å². The molecule has 0 aliphatic rings. The zero-order valence-electron chi connectivity index (χ0n) is 17.7. The molecule has 2 N–H and O–H groups in total. The number of halogens is 2. The van der Waals surface area contributed by atoms with E-state index in [2.05, 4.69) is 15.7 Å². The molecule has 10 heteroatoms. The number of hydrogen-bond acceptors (Lipinski definition) is 5. The van der Waals surface area contributed by atoms with E-state index in [1.54, 1.807) is 12.1 Å². The number of rotatable bonds is 5. The van der Waals surface area contributed by atoms with E-state index in [4.69, 9.17) is 40.2 Å². The normalized spacial score (nSPS) is 10.8. The number of carbonyl (C=O) groups is 1. The number of aromatic nitrogens is 2. The molecule has 0 fully saturated rings. The van der Waals surface area contributed by atoms with Crippen LogP contribution < -0.4 is 10.6 Å². The average Bonchev–Trinajstić information content (AvgIpc) is 3.13. The molecule has 2 aromatic heterocycles. The van der Waals surface area contributed by atoms with Crippen LogP contribution in [-0.2, 0) is 11.3 Å². The van der Waals surface area contributed by atoms with Gasteiger partial charge in [0.15, 0.2) is 5.11 Å². The molecule has 0 radical (unpaired) electrons. The highest BCUT2D eigenvalue weighted by Gasteiger charge is 2.21. The molecule has 0 saturated heterocycles. The highest BCUT2D eigenvalue weighted by Crippen LogP contribution is 2.33. The maximum Gasteiger partial charge on any atom is 0.341 e. The molecular formula is C21H22Cl2N4O2S2. The lowest BCUT2D eigenvalue weighted by atomic mass is 10.1. The Labute approximate surface area is 200 Å². The van der Waals surface area contributed by atoms with E-state index in [-0.39, 0.29) is 0 Å². The molecule has 0 bridgehead atoms. The van der Waals surface area contributed by atoms with Crippen molar-refractivity contribution in [3.63, 3.8) is 0 Å². The van der Waals surface area contributed by atoms with Gasteiger partial charge in [0.25, 0.3) is 0 Å². The molecule has 2 heterocycles. The first-order valence-corrected chi connectivity index (χ1v) is 11.3. The topological polar surface area (TPSA) is 68.2 Å². The van der Waals surface area contributed by atoms with Crippen LogP contribution in [0, 0.1) is 27.7 Å². The van der Waals surface area contributed by atoms with Crippen molar-refractivity contribution in [3.05, 3.63) is 61.2 Å². The fraction of sp³-hybridized carbons (Fsp3) is 0.286. The van der Waals surface area contributed by atoms with Crippen molar-refractivity contribution in [1.29, 1.82) is 0 Å². The minimum absolute atomic E-state index is 0.363. The van der Waals surface area contributed by atoms with Gasteiger partial charge in [-0.05, 0) is 63.2 Å². The van der Waals surface area contributed by atoms with Crippen molar-refractivity contribution in [2.24, 2.45) is 0 Å². The second-order valence-corrected chi connectivity index (χ2v) is 9.47. The van der Waals surface area contributed by atoms with Crippen LogP contribution in [0.25, 0.3) is 0 Å². The Bertz CT molecular complexity index is 1170. The molecule has 0 saturated carbocycles. The van der Waals surface area contributed by atoms with Crippen LogP contribution in [0.4, 0.5) is 10.7 Å². The van der Waals surface area contributed by atoms with E-state index < -0.39 is 5.97 Å². The molecule has 0 spiro atoms. The lowest BCUT2D eigenvalue weighted by molar-refractivity contribution is 0.0601. The summed E-state index contributed by atoms with van der Waals surface area (Å²) in [6, 6.07) is 5.40. The number of carbonyl (C=O) groups excluding carboxylic acids is 1. The number of anilines is 2. The number of thiophene rings is 1. The molecule has 6 nitrogen and oxygen atoms in total. The van der Waals surface area contributed by atoms with Crippen LogP contribution in [-0.4, -0.2) is 28.0 Å². The Balaban J connectivity index is 1.80. The van der Waals surface area contributed by atoms with Crippen molar-refractivity contribution < 1.29 is 9.53 Å². The van der Waals surface area contributed by atoms with Gasteiger partial charge < -0.3 is 15.4 Å². The molecule has 0 atom stereocenters. The first kappa shape index (κ1) is 23.5. The Hall–Kier alpha value is -2.13. The summed E-state index contributed by atoms with van der Waals surface area (Å²) in [5, 5.41) is 13.1. The number of esters is 1. The third-order valence-corrected chi connectivity index (χ3v) is 6.87. The predicted molar refractivity (Wildman–Crippen MR) is 132 cm³/mol. The molecule has 3 rings (SSSR count). The number of aryl methyl sites for hydroxylation is 2. The van der Waals surface area contributed by atoms with Gasteiger partial charge >= 0.3 is 5.97 Å². The summed E-state index contributed by atoms with van der Waals surface area (Å²) in [6.07, 6.45) is 0. The van der Waals surface area contributed by atoms with Crippen LogP contribution >= 0.6 is 46.8 Å². The quantitative estimate of drug-likeness (QED) is 0.327. The van der Waals surface area contributed by atoms with Gasteiger partial charge in [0.05, 0.1) is 36.3 Å². The van der Waals surface area contributed by atoms with Crippen LogP contribution in [0.5, 0.6) is 0 Å². The second kappa shape index (κ2) is 9.56. The summed E-state index contributed by atoms with van der Waals surface area (Å²) in [7, 11) is 1.36. The smallest absolute Gasteiger partial charge is 0.341 e. The molecule has 3 aromatic rings. The van der Waals surface area contributed by atoms with E-state index >= 15 is 0 Å². The number of ether oxygens (including phenoxy) is 1. The Morgan fingerprint density at radius 1 is 1.23 bits per heavy atom. The van der Waals surface area contributed by atoms with E-state index in [9.17, 15) is 4.79 Å². The standard InChI is InChI=1S/C21H22Cl2N4O2S2/c1-10-13(4)31-19(17(10)20(28)29-5)25-21(30)24-18-11(2)26-27(12(18)3)9-14-6-7-15(22)8-16(14)23/h6-8H,9H2,1-5H3,(H2,24,25,30). The summed E-state index contributed by atoms with van der Waals surface area (Å²) in [5.41, 5.74) is 4.78. The van der Waals surface area contributed by atoms with Gasteiger partial charge in [0.1, 0.15) is 5.00 Å². The van der Waals surface area contributed by atoms with E-state index in [0.717, 1.165) is 33.1 Å². The number of benzene rings is 1. The van der Waals surface area contributed by atoms with Gasteiger partial charge in [-0.3, -0.25) is 4.68 Å². The first-order chi connectivity index (χ1) is 14.6. The molecule has 1 aromatic carbocycles. The van der Waals surface area contributed by atoms with E-state index in [1.807, 2.05) is 38.4 Å². The molecule has 31 heavy (non-hydrogen) atoms. The SMILES string of the molecule is COC(=O)c1c(NC(=S)Nc2c(C)nn(Cc3ccc(Cl)cc3Cl)c2C)sc(C)c1C. The average molecular weight is 497 g/mol. The van der Waals surface area contributed by atoms with Crippen LogP contribution in [0.15, 0.2) is 18.2 Å². The molecule has 0 amide bonds. The summed E-state index contributed by atoms with van der Waals surface area (Å²) in [6.45, 7) is 8.19. The van der Waals surface area contributed by atoms with Gasteiger partial charge in [-0.2, -0.15) is 5.10 Å². The molecule has 0 aliphatic carbocycles. The number of nitrogens with zero attached hydrogens (tertiary/aromatic N) is 2. The largest absolute Gasteiger partial charge is 0.465 e. The van der Waals surface area contributed by atoms with E-state index in [0.29, 0.717) is 32.3 Å². The van der Waals surface area contributed by atoms with Gasteiger partial charge in [-0.25, -0.2) is 4.79 Å². The lowest BCUT2D eigenvalue weighted by Gasteiger charge is -2.12. The molecule has 0 aliphatic heterocycles. The number of hydrogen-bond donors (Lipinski definition) is 2. The predicted octanol–water partition coefficient (Wildman–Crippen LogP) is 6.13. The van der Waals surface area contributed by atoms with Crippen molar-refractivity contribution in [1.82, 2.24) is 9.78 Å². The van der Waals surface area contributed by atoms with Crippen LogP contribution in [0.3, 0.4) is 0 Å². The fourth-order valence-electron chi connectivity index (χ4n) is 3.15. The zero-order chi connectivity index (χ0) is 22.9. The van der Waals surface area contributed by atoms with Gasteiger partial charge in [-0.15, -0.1) is 11.3 Å². The maximum atomic E-state index is 12.2. The van der Waals surface area contributed by atoms with Crippen molar-refractivity contribution >= 4 is 68.5 Å². The van der Waals surface area contributed by atoms with Crippen molar-refractivity contribution in [2.45, 2.75) is 34.2 Å². The summed E-state index contributed by atoms with van der Waals surface area (Å²) in [4.78, 5) is 13.2. The minimum atomic E-state index is -0.396. The lowest BCUT2D eigenvalue weighted by Crippen LogP contribution is -2.21. The molecular weight excluding hydrogens is 475 g/mol. The van der Waals surface area contributed by atoms with Crippen LogP contribution in [0.2, 0.25) is 10.0 Å². The first-order valence-electron chi connectivity index (χ1n) is 9.36. The second-order valence-electron chi connectivity index (χ2n) is 7.00. The third-order valence-electron chi connectivity index (χ3n) is 4.96. The van der Waals surface area contributed by atoms with Gasteiger partial charge in [0.2, 0.25) is 0 Å². The van der Waals surface area contributed by atoms with Crippen LogP contribution in [0.1, 0.15) is 37.7 Å². The zero-order valence-corrected chi connectivity index (χ0v) is 20.9. The van der Waals surface area contributed by atoms with Crippen molar-refractivity contribution in [2.75, 3.05) is 17.7 Å². The Kier molecular flexibility index (Phi) is 7.26. The number of methoxy groups -OCH3 is 1. The minimum Gasteiger partial charge on any atom is -0.465 e. The van der Waals surface area contributed by atoms with E-state index in [1.165, 1.54) is 18.4 Å². The monoisotopic (exact) mass is 496 g/mol. The van der Waals surface area contributed by atoms with Gasteiger partial charge in [-0.1, -0.05) is 29.3 Å². The molecule has 164 valence electrons. The summed E-state index contributed by atoms with van der Waals surface area (Å²) < 4.78 is 6.77. The van der Waals surface area contributed by atoms with Gasteiger partial charge in [0, 0.05) is 14.9 Å². The fourth-order valence-corrected chi connectivity index (χ4v) is 4.94. The highest BCUT2D eigenvalue weighted by atomic mass is 35.5. The number of thiocarbonyl (C=S) groups is 1.